The molecule has 22 heteroatoms. The van der Waals surface area contributed by atoms with Crippen molar-refractivity contribution in [3.8, 4) is 0 Å². The molecule has 0 aliphatic heterocycles. The predicted molar refractivity (Wildman–Crippen MR) is 532 cm³/mol. The Labute approximate surface area is 766 Å². The fourth-order valence-electron chi connectivity index (χ4n) is 18.1. The van der Waals surface area contributed by atoms with Crippen LogP contribution < -0.4 is 0 Å². The molecule has 0 fully saturated rings. The Morgan fingerprint density at radius 2 is 0.586 bits per heavy atom. The molecule has 0 saturated carbocycles. The molecule has 22 nitrogen and oxygen atoms in total. The average molecular weight is 1740 g/mol. The molecule has 5 aromatic carbocycles. The molecule has 25 rings (SSSR count). The molecule has 20 heterocycles. The number of pyridine rings is 13. The fourth-order valence-corrected chi connectivity index (χ4v) is 18.1. The molecule has 0 bridgehead atoms. The third kappa shape index (κ3) is 17.2. The van der Waals surface area contributed by atoms with E-state index in [2.05, 4.69) is 309 Å². The second-order valence-corrected chi connectivity index (χ2v) is 34.0. The number of aromatic nitrogens is 22. The monoisotopic (exact) mass is 1730 g/mol. The Bertz CT molecular complexity index is 8560. The van der Waals surface area contributed by atoms with E-state index in [0.717, 1.165) is 227 Å². The number of hydrogen-bond donors (Lipinski definition) is 0. The lowest BCUT2D eigenvalue weighted by Gasteiger charge is -2.05. The molecule has 0 spiro atoms. The smallest absolute Gasteiger partial charge is 0.145 e. The van der Waals surface area contributed by atoms with Crippen LogP contribution in [0.25, 0.3) is 137 Å². The van der Waals surface area contributed by atoms with E-state index in [0.29, 0.717) is 0 Å². The van der Waals surface area contributed by atoms with Gasteiger partial charge in [-0.25, -0.2) is 44.9 Å². The minimum Gasteiger partial charge on any atom is -0.306 e. The van der Waals surface area contributed by atoms with Gasteiger partial charge in [-0.05, 0) is 255 Å². The summed E-state index contributed by atoms with van der Waals surface area (Å²) in [5.74, 6) is 1.70. The van der Waals surface area contributed by atoms with Crippen molar-refractivity contribution in [3.63, 3.8) is 0 Å². The number of benzene rings is 5. The first-order valence-electron chi connectivity index (χ1n) is 45.2. The molecule has 0 aliphatic rings. The van der Waals surface area contributed by atoms with Crippen LogP contribution in [0.3, 0.4) is 0 Å². The van der Waals surface area contributed by atoms with E-state index < -0.39 is 0 Å². The van der Waals surface area contributed by atoms with Crippen LogP contribution in [-0.2, 0) is 64.2 Å². The topological polar surface area (TPSA) is 241 Å². The molecule has 20 aromatic heterocycles. The Balaban J connectivity index is 0.000000100. The lowest BCUT2D eigenvalue weighted by atomic mass is 10.1. The molecule has 0 aliphatic carbocycles. The highest BCUT2D eigenvalue weighted by Crippen LogP contribution is 2.31. The van der Waals surface area contributed by atoms with Crippen molar-refractivity contribution in [2.45, 2.75) is 120 Å². The summed E-state index contributed by atoms with van der Waals surface area (Å²) in [4.78, 5) is 79.4. The lowest BCUT2D eigenvalue weighted by Crippen LogP contribution is -2.02. The van der Waals surface area contributed by atoms with Gasteiger partial charge in [0.25, 0.3) is 0 Å². The average Bonchev–Trinajstić information content (AvgIpc) is 2.19. The molecule has 0 N–H and O–H groups in total. The second-order valence-electron chi connectivity index (χ2n) is 34.0. The van der Waals surface area contributed by atoms with Gasteiger partial charge in [0.15, 0.2) is 0 Å². The maximum Gasteiger partial charge on any atom is 0.145 e. The first kappa shape index (κ1) is 83.4. The van der Waals surface area contributed by atoms with Crippen molar-refractivity contribution in [2.75, 3.05) is 0 Å². The molecule has 0 atom stereocenters. The second kappa shape index (κ2) is 36.2. The van der Waals surface area contributed by atoms with Crippen LogP contribution in [0.5, 0.6) is 0 Å². The Morgan fingerprint density at radius 1 is 0.226 bits per heavy atom. The maximum absolute atomic E-state index is 4.95. The van der Waals surface area contributed by atoms with Gasteiger partial charge in [0.05, 0.1) is 84.0 Å². The number of fused-ring (bicyclic) bond motifs is 20. The van der Waals surface area contributed by atoms with E-state index in [-0.39, 0.29) is 0 Å². The van der Waals surface area contributed by atoms with Gasteiger partial charge in [-0.15, -0.1) is 0 Å². The van der Waals surface area contributed by atoms with Crippen LogP contribution in [0.4, 0.5) is 0 Å². The number of nitrogens with zero attached hydrogens (tertiary/aromatic N) is 22. The first-order chi connectivity index (χ1) is 65.1. The van der Waals surface area contributed by atoms with Gasteiger partial charge in [-0.1, -0.05) is 121 Å². The van der Waals surface area contributed by atoms with Crippen LogP contribution in [-0.4, -0.2) is 107 Å². The Kier molecular flexibility index (Phi) is 22.7. The molecule has 133 heavy (non-hydrogen) atoms. The summed E-state index contributed by atoms with van der Waals surface area (Å²) < 4.78 is 10.8. The van der Waals surface area contributed by atoms with E-state index >= 15 is 0 Å². The Hall–Kier alpha value is -16.5. The van der Waals surface area contributed by atoms with Gasteiger partial charge in [0, 0.05) is 158 Å². The van der Waals surface area contributed by atoms with Crippen molar-refractivity contribution in [1.29, 1.82) is 0 Å². The zero-order valence-electron chi connectivity index (χ0n) is 75.3. The third-order valence-electron chi connectivity index (χ3n) is 25.3. The van der Waals surface area contributed by atoms with Gasteiger partial charge in [-0.3, -0.25) is 39.9 Å². The number of rotatable bonds is 15. The number of hydrogen-bond acceptors (Lipinski definition) is 17. The summed E-state index contributed by atoms with van der Waals surface area (Å²) in [6.45, 7) is 16.5. The van der Waals surface area contributed by atoms with E-state index in [1.807, 2.05) is 94.6 Å². The maximum atomic E-state index is 4.95. The molecule has 25 aromatic rings. The SMILES string of the molecule is Cc1c(CCc2ccc3ncccc3n2)nc2c3ccccc3ccn12.Cc1ccc2nc(CCc3cn4ccc5ccccc5c4n3)ccc2n1.Cc1ccc2nc(CCc3nc4c5ccccc5ccn4c3C)ccc2n1.Cc1nc(CCc2nc3c4ccccc4ccn3c2C)nc2cccnc12.Cc1nc(CCc2nc3c4ccccc4ccn3c2C)nc2ccncc12. The van der Waals surface area contributed by atoms with E-state index in [4.69, 9.17) is 44.9 Å². The lowest BCUT2D eigenvalue weighted by molar-refractivity contribution is 0.835. The van der Waals surface area contributed by atoms with Gasteiger partial charge in [-0.2, -0.15) is 0 Å². The van der Waals surface area contributed by atoms with Crippen LogP contribution in [0.2, 0.25) is 0 Å². The van der Waals surface area contributed by atoms with Crippen LogP contribution in [0, 0.1) is 55.4 Å². The minimum atomic E-state index is 0.758. The quantitative estimate of drug-likeness (QED) is 0.0926. The van der Waals surface area contributed by atoms with E-state index in [1.165, 1.54) is 76.6 Å². The molecule has 648 valence electrons. The van der Waals surface area contributed by atoms with Crippen molar-refractivity contribution in [2.24, 2.45) is 0 Å². The Morgan fingerprint density at radius 3 is 1.05 bits per heavy atom. The summed E-state index contributed by atoms with van der Waals surface area (Å²) in [7, 11) is 0. The van der Waals surface area contributed by atoms with Crippen molar-refractivity contribution < 1.29 is 0 Å². The minimum absolute atomic E-state index is 0.758. The molecule has 0 saturated heterocycles. The molecular formula is C111H94N22. The third-order valence-corrected chi connectivity index (χ3v) is 25.3. The van der Waals surface area contributed by atoms with E-state index in [1.54, 1.807) is 18.6 Å². The number of imidazole rings is 5. The molecule has 0 amide bonds. The zero-order valence-corrected chi connectivity index (χ0v) is 75.3. The normalized spacial score (nSPS) is 11.6. The van der Waals surface area contributed by atoms with Gasteiger partial charge >= 0.3 is 0 Å². The highest BCUT2D eigenvalue weighted by atomic mass is 15.1. The fraction of sp³-hybridized carbons (Fsp3) is 0.162. The summed E-state index contributed by atoms with van der Waals surface area (Å²) in [5.41, 5.74) is 31.0. The van der Waals surface area contributed by atoms with Crippen LogP contribution in [0.15, 0.2) is 305 Å². The van der Waals surface area contributed by atoms with Crippen LogP contribution in [0.1, 0.15) is 103 Å². The van der Waals surface area contributed by atoms with Gasteiger partial charge in [0.2, 0.25) is 0 Å². The van der Waals surface area contributed by atoms with Gasteiger partial charge < -0.3 is 22.0 Å². The molecule has 0 radical (unpaired) electrons. The largest absolute Gasteiger partial charge is 0.306 e. The predicted octanol–water partition coefficient (Wildman–Crippen LogP) is 22.3. The standard InChI is InChI=1S/C23H20N4.2C22H19N5.2C22H18N4/c1-15-7-10-22-21(24-15)12-9-18(25-22)8-11-20-16(2)27-14-13-17-5-3-4-6-19(17)23(27)26-20;1-14-21-19(8-5-12-23-21)25-20(24-14)10-9-18-15(2)27-13-11-16-6-3-4-7-17(16)22(27)26-18;1-14-18-13-23-11-9-20(18)25-21(24-14)8-7-19-15(2)27-12-10-16-5-3-4-6-17(16)22(27)26-19;1-15-19(10-8-17-9-11-20-21(24-17)7-4-13-23-20)25-22-18-6-3-2-5-16(18)12-14-26(15)22;1-15-6-10-21-20(23-15)11-9-17(24-21)7-8-18-14-26-13-12-16-4-2-3-5-19(16)22(26)25-18/h3-7,9-10,12-14H,8,11H2,1-2H3;3-8,11-13H,9-10H2,1-2H3;3-6,9-13H,7-8H2,1-2H3;2-7,9,11-14H,8,10H2,1H3;2-6,9-14H,7-8H2,1H3. The number of aryl methyl sites for hydroxylation is 18. The highest BCUT2D eigenvalue weighted by Gasteiger charge is 2.20. The summed E-state index contributed by atoms with van der Waals surface area (Å²) in [6, 6.07) is 82.9. The van der Waals surface area contributed by atoms with Crippen molar-refractivity contribution in [1.82, 2.24) is 107 Å². The summed E-state index contributed by atoms with van der Waals surface area (Å²) in [5, 5.41) is 13.0. The molecule has 0 unspecified atom stereocenters. The van der Waals surface area contributed by atoms with Crippen molar-refractivity contribution >= 4 is 137 Å². The summed E-state index contributed by atoms with van der Waals surface area (Å²) >= 11 is 0. The van der Waals surface area contributed by atoms with Gasteiger partial charge in [0.1, 0.15) is 45.4 Å². The highest BCUT2D eigenvalue weighted by molar-refractivity contribution is 5.98. The van der Waals surface area contributed by atoms with Crippen molar-refractivity contribution in [3.05, 3.63) is 407 Å². The summed E-state index contributed by atoms with van der Waals surface area (Å²) in [6.07, 6.45) is 28.2. The van der Waals surface area contributed by atoms with Crippen LogP contribution >= 0.6 is 0 Å². The zero-order chi connectivity index (χ0) is 90.2. The first-order valence-corrected chi connectivity index (χ1v) is 45.2. The molecular weight excluding hydrogens is 1640 g/mol. The van der Waals surface area contributed by atoms with E-state index in [9.17, 15) is 0 Å².